The van der Waals surface area contributed by atoms with E-state index in [9.17, 15) is 19.2 Å². The molecule has 1 atom stereocenters. The predicted octanol–water partition coefficient (Wildman–Crippen LogP) is 3.02. The Balaban J connectivity index is 1.23. The van der Waals surface area contributed by atoms with Gasteiger partial charge < -0.3 is 30.2 Å². The van der Waals surface area contributed by atoms with Crippen LogP contribution >= 0.6 is 0 Å². The van der Waals surface area contributed by atoms with Crippen LogP contribution in [-0.2, 0) is 26.1 Å². The van der Waals surface area contributed by atoms with Gasteiger partial charge in [0.1, 0.15) is 29.3 Å². The third-order valence-corrected chi connectivity index (χ3v) is 10.6. The van der Waals surface area contributed by atoms with Crippen molar-refractivity contribution in [2.45, 2.75) is 65.7 Å². The molecule has 6 heterocycles. The summed E-state index contributed by atoms with van der Waals surface area (Å²) in [5, 5.41) is 15.4. The molecule has 8 rings (SSSR count). The van der Waals surface area contributed by atoms with Gasteiger partial charge in [-0.05, 0) is 83.5 Å². The van der Waals surface area contributed by atoms with E-state index in [0.29, 0.717) is 114 Å². The Morgan fingerprint density at radius 1 is 0.893 bits per heavy atom. The molecule has 4 aromatic heterocycles. The number of imidazole rings is 2. The van der Waals surface area contributed by atoms with Gasteiger partial charge in [0.05, 0.1) is 40.5 Å². The molecule has 2 aliphatic heterocycles. The van der Waals surface area contributed by atoms with Crippen molar-refractivity contribution in [1.82, 2.24) is 43.6 Å². The lowest BCUT2D eigenvalue weighted by atomic mass is 10.1. The molecule has 0 saturated heterocycles. The van der Waals surface area contributed by atoms with E-state index in [0.717, 1.165) is 11.3 Å². The van der Waals surface area contributed by atoms with Gasteiger partial charge in [-0.15, -0.1) is 0 Å². The molecule has 0 bridgehead atoms. The third kappa shape index (κ3) is 6.50. The summed E-state index contributed by atoms with van der Waals surface area (Å²) in [5.74, 6) is -0.882. The Morgan fingerprint density at radius 2 is 1.64 bits per heavy atom. The second-order valence-electron chi connectivity index (χ2n) is 14.4. The van der Waals surface area contributed by atoms with Crippen LogP contribution in [0, 0.1) is 13.8 Å². The van der Waals surface area contributed by atoms with E-state index >= 15 is 0 Å². The quantitative estimate of drug-likeness (QED) is 0.206. The van der Waals surface area contributed by atoms with Gasteiger partial charge in [0, 0.05) is 42.9 Å². The average Bonchev–Trinajstić information content (AvgIpc) is 3.91. The van der Waals surface area contributed by atoms with Gasteiger partial charge in [-0.1, -0.05) is 0 Å². The van der Waals surface area contributed by atoms with Gasteiger partial charge in [0.2, 0.25) is 23.7 Å². The molecular weight excluding hydrogens is 719 g/mol. The first-order valence-electron chi connectivity index (χ1n) is 18.6. The molecule has 56 heavy (non-hydrogen) atoms. The Morgan fingerprint density at radius 3 is 2.41 bits per heavy atom. The Bertz CT molecular complexity index is 2580. The Hall–Kier alpha value is -6.56. The van der Waals surface area contributed by atoms with Gasteiger partial charge in [-0.3, -0.25) is 39.2 Å². The van der Waals surface area contributed by atoms with Crippen LogP contribution in [0.5, 0.6) is 5.75 Å². The summed E-state index contributed by atoms with van der Waals surface area (Å²) in [7, 11) is 1.98. The first kappa shape index (κ1) is 36.4. The van der Waals surface area contributed by atoms with Crippen molar-refractivity contribution >= 4 is 57.6 Å². The molecule has 6 N–H and O–H groups in total. The number of nitrogens with zero attached hydrogens (tertiary/aromatic N) is 9. The lowest BCUT2D eigenvalue weighted by Crippen LogP contribution is -2.29. The summed E-state index contributed by atoms with van der Waals surface area (Å²) >= 11 is 0. The summed E-state index contributed by atoms with van der Waals surface area (Å²) in [6.45, 7) is 8.43. The minimum atomic E-state index is -0.622. The predicted molar refractivity (Wildman–Crippen MR) is 207 cm³/mol. The average molecular weight is 762 g/mol. The number of aryl methyl sites for hydroxylation is 4. The van der Waals surface area contributed by atoms with Gasteiger partial charge in [0.25, 0.3) is 11.8 Å². The summed E-state index contributed by atoms with van der Waals surface area (Å²) in [6, 6.07) is 9.67. The number of anilines is 2. The van der Waals surface area contributed by atoms with Crippen molar-refractivity contribution in [3.05, 3.63) is 75.9 Å². The van der Waals surface area contributed by atoms with E-state index in [1.165, 1.54) is 0 Å². The van der Waals surface area contributed by atoms with E-state index in [1.807, 2.05) is 37.0 Å². The summed E-state index contributed by atoms with van der Waals surface area (Å²) in [5.41, 5.74) is 17.2. The number of aromatic nitrogens is 8. The van der Waals surface area contributed by atoms with E-state index in [-0.39, 0.29) is 30.0 Å². The largest absolute Gasteiger partial charge is 0.489 e. The Labute approximate surface area is 320 Å². The van der Waals surface area contributed by atoms with Gasteiger partial charge in [0.15, 0.2) is 0 Å². The first-order chi connectivity index (χ1) is 26.9. The van der Waals surface area contributed by atoms with Crippen LogP contribution < -0.4 is 26.8 Å². The van der Waals surface area contributed by atoms with Gasteiger partial charge >= 0.3 is 0 Å². The molecule has 0 fully saturated rings. The molecule has 0 radical (unpaired) electrons. The van der Waals surface area contributed by atoms with Crippen LogP contribution in [0.4, 0.5) is 11.9 Å². The minimum Gasteiger partial charge on any atom is -0.489 e. The molecule has 4 amide bonds. The molecule has 0 aliphatic carbocycles. The van der Waals surface area contributed by atoms with Crippen molar-refractivity contribution in [3.8, 4) is 5.75 Å². The van der Waals surface area contributed by atoms with Crippen LogP contribution in [0.25, 0.3) is 22.1 Å². The molecule has 290 valence electrons. The normalized spacial score (nSPS) is 17.0. The summed E-state index contributed by atoms with van der Waals surface area (Å²) in [4.78, 5) is 64.3. The highest BCUT2D eigenvalue weighted by Gasteiger charge is 2.31. The lowest BCUT2D eigenvalue weighted by Gasteiger charge is -2.27. The molecule has 0 spiro atoms. The van der Waals surface area contributed by atoms with Gasteiger partial charge in [-0.2, -0.15) is 10.2 Å². The number of amides is 4. The molecule has 2 aliphatic rings. The standard InChI is InChI=1S/C38H43N13O5/c1-5-49-31-25(21(3)46-49)10-12-47(4)13-14-50-29(15-20(2)45-50)35(54)43-37-41-26-16-22(33(39)52)8-9-28(26)48(37)11-6-7-24-19-56-30-18-23(34(40)53)17-27-32(30)51(24)38(42-27)44-36(31)55/h8-9,15-18,24H,5-7,10-14,19H2,1-4H3,(H2,39,52)(H2,40,53)(H,41,43,54)(H,42,44,55)/t24-/m0/s1. The van der Waals surface area contributed by atoms with E-state index < -0.39 is 11.8 Å². The van der Waals surface area contributed by atoms with Crippen molar-refractivity contribution < 1.29 is 23.9 Å². The van der Waals surface area contributed by atoms with Crippen molar-refractivity contribution in [2.24, 2.45) is 11.5 Å². The molecule has 2 aromatic carbocycles. The highest BCUT2D eigenvalue weighted by atomic mass is 16.5. The van der Waals surface area contributed by atoms with Crippen molar-refractivity contribution in [2.75, 3.05) is 37.4 Å². The maximum absolute atomic E-state index is 14.4. The zero-order valence-electron chi connectivity index (χ0n) is 31.6. The second kappa shape index (κ2) is 14.3. The maximum Gasteiger partial charge on any atom is 0.276 e. The number of hydrogen-bond acceptors (Lipinski definition) is 10. The number of fused-ring (bicyclic) bond motifs is 5. The number of hydrogen-bond donors (Lipinski definition) is 4. The molecular formula is C38H43N13O5. The number of rotatable bonds is 3. The van der Waals surface area contributed by atoms with Crippen LogP contribution in [0.2, 0.25) is 0 Å². The van der Waals surface area contributed by atoms with Crippen LogP contribution in [0.1, 0.15) is 84.5 Å². The van der Waals surface area contributed by atoms with E-state index in [4.69, 9.17) is 31.3 Å². The second-order valence-corrected chi connectivity index (χ2v) is 14.4. The lowest BCUT2D eigenvalue weighted by molar-refractivity contribution is 0.0991. The summed E-state index contributed by atoms with van der Waals surface area (Å²) < 4.78 is 13.5. The monoisotopic (exact) mass is 761 g/mol. The molecule has 0 unspecified atom stereocenters. The number of carbonyl (C=O) groups is 4. The molecule has 6 aromatic rings. The number of carbonyl (C=O) groups excluding carboxylic acids is 4. The highest BCUT2D eigenvalue weighted by molar-refractivity contribution is 6.06. The Kier molecular flexibility index (Phi) is 9.27. The van der Waals surface area contributed by atoms with Crippen LogP contribution in [-0.4, -0.2) is 93.9 Å². The molecule has 18 heteroatoms. The van der Waals surface area contributed by atoms with Crippen molar-refractivity contribution in [3.63, 3.8) is 0 Å². The number of nitrogens with one attached hydrogen (secondary N) is 2. The minimum absolute atomic E-state index is 0.229. The fraction of sp³-hybridized carbons (Fsp3) is 0.368. The zero-order chi connectivity index (χ0) is 39.4. The number of nitrogens with two attached hydrogens (primary N) is 2. The topological polar surface area (TPSA) is 228 Å². The fourth-order valence-electron chi connectivity index (χ4n) is 7.76. The number of likely N-dealkylation sites (N-methyl/N-ethyl adjacent to an activating group) is 1. The van der Waals surface area contributed by atoms with Gasteiger partial charge in [-0.25, -0.2) is 9.97 Å². The third-order valence-electron chi connectivity index (χ3n) is 10.6. The van der Waals surface area contributed by atoms with Crippen molar-refractivity contribution in [1.29, 1.82) is 0 Å². The first-order valence-corrected chi connectivity index (χ1v) is 18.6. The number of benzene rings is 2. The van der Waals surface area contributed by atoms with E-state index in [1.54, 1.807) is 45.8 Å². The SMILES string of the molecule is CCn1nc(C)c2c1C(=O)Nc1nc3cc(C(N)=O)cc4c3n1[C@@H](CCCn1c(nc3cc(C(N)=O)ccc31)NC(=O)c1cc(C)nn1CCN(C)CC2)CO4. The van der Waals surface area contributed by atoms with Crippen LogP contribution in [0.3, 0.4) is 0 Å². The van der Waals surface area contributed by atoms with E-state index in [2.05, 4.69) is 20.6 Å². The molecule has 0 saturated carbocycles. The number of primary amides is 2. The maximum atomic E-state index is 14.4. The fourth-order valence-corrected chi connectivity index (χ4v) is 7.76. The summed E-state index contributed by atoms with van der Waals surface area (Å²) in [6.07, 6.45) is 1.69. The van der Waals surface area contributed by atoms with Crippen LogP contribution in [0.15, 0.2) is 36.4 Å². The zero-order valence-corrected chi connectivity index (χ0v) is 31.6. The molecule has 18 nitrogen and oxygen atoms in total. The highest BCUT2D eigenvalue weighted by Crippen LogP contribution is 2.39. The number of ether oxygens (including phenoxy) is 1. The smallest absolute Gasteiger partial charge is 0.276 e.